The molecule has 0 radical (unpaired) electrons. The number of benzene rings is 2. The minimum Gasteiger partial charge on any atom is -0.353 e. The molecule has 2 aromatic carbocycles. The molecule has 0 aliphatic heterocycles. The number of hydrogen-bond acceptors (Lipinski definition) is 1. The molecule has 0 atom stereocenters. The third kappa shape index (κ3) is 1.81. The van der Waals surface area contributed by atoms with Gasteiger partial charge in [-0.3, -0.25) is 4.79 Å². The van der Waals surface area contributed by atoms with Gasteiger partial charge in [0.05, 0.1) is 10.5 Å². The molecule has 0 spiro atoms. The van der Waals surface area contributed by atoms with Crippen LogP contribution in [0.3, 0.4) is 0 Å². The Hall–Kier alpha value is -2.06. The first-order valence-electron chi connectivity index (χ1n) is 5.63. The summed E-state index contributed by atoms with van der Waals surface area (Å²) in [5, 5.41) is 1.17. The van der Waals surface area contributed by atoms with Gasteiger partial charge in [-0.05, 0) is 17.7 Å². The predicted molar refractivity (Wildman–Crippen MR) is 75.0 cm³/mol. The molecule has 0 aliphatic carbocycles. The van der Waals surface area contributed by atoms with Crippen molar-refractivity contribution < 1.29 is 0 Å². The maximum Gasteiger partial charge on any atom is 0.190 e. The largest absolute Gasteiger partial charge is 0.353 e. The van der Waals surface area contributed by atoms with Crippen LogP contribution in [-0.4, -0.2) is 4.98 Å². The fourth-order valence-corrected chi connectivity index (χ4v) is 2.23. The Morgan fingerprint density at radius 1 is 0.944 bits per heavy atom. The highest BCUT2D eigenvalue weighted by Crippen LogP contribution is 2.22. The quantitative estimate of drug-likeness (QED) is 0.704. The second kappa shape index (κ2) is 4.31. The zero-order chi connectivity index (χ0) is 12.5. The number of aromatic nitrogens is 1. The highest BCUT2D eigenvalue weighted by atomic mass is 35.5. The Labute approximate surface area is 109 Å². The second-order valence-corrected chi connectivity index (χ2v) is 4.48. The first-order chi connectivity index (χ1) is 8.75. The standard InChI is InChI=1S/C15H10ClNO/c16-12-8-4-7-11-14(18)9-13(17-15(11)12)10-5-2-1-3-6-10/h1-9H,(H,17,18). The summed E-state index contributed by atoms with van der Waals surface area (Å²) in [5.74, 6) is 0. The lowest BCUT2D eigenvalue weighted by Crippen LogP contribution is -2.03. The van der Waals surface area contributed by atoms with E-state index in [0.717, 1.165) is 11.3 Å². The summed E-state index contributed by atoms with van der Waals surface area (Å²) < 4.78 is 0. The second-order valence-electron chi connectivity index (χ2n) is 4.08. The summed E-state index contributed by atoms with van der Waals surface area (Å²) in [6.45, 7) is 0. The molecule has 0 fully saturated rings. The fraction of sp³-hybridized carbons (Fsp3) is 0. The van der Waals surface area contributed by atoms with E-state index in [2.05, 4.69) is 4.98 Å². The van der Waals surface area contributed by atoms with E-state index in [9.17, 15) is 4.79 Å². The van der Waals surface area contributed by atoms with Crippen molar-refractivity contribution in [1.82, 2.24) is 4.98 Å². The van der Waals surface area contributed by atoms with Crippen LogP contribution in [0.4, 0.5) is 0 Å². The number of halogens is 1. The van der Waals surface area contributed by atoms with Gasteiger partial charge in [-0.25, -0.2) is 0 Å². The molecule has 0 bridgehead atoms. The smallest absolute Gasteiger partial charge is 0.190 e. The summed E-state index contributed by atoms with van der Waals surface area (Å²) >= 11 is 6.12. The van der Waals surface area contributed by atoms with Crippen molar-refractivity contribution in [3.8, 4) is 11.3 Å². The number of fused-ring (bicyclic) bond motifs is 1. The first-order valence-corrected chi connectivity index (χ1v) is 6.00. The summed E-state index contributed by atoms with van der Waals surface area (Å²) in [4.78, 5) is 15.3. The van der Waals surface area contributed by atoms with Crippen molar-refractivity contribution in [3.05, 3.63) is 69.8 Å². The minimum absolute atomic E-state index is 0.0231. The molecule has 2 nitrogen and oxygen atoms in total. The van der Waals surface area contributed by atoms with E-state index < -0.39 is 0 Å². The van der Waals surface area contributed by atoms with E-state index in [4.69, 9.17) is 11.6 Å². The van der Waals surface area contributed by atoms with E-state index in [0.29, 0.717) is 15.9 Å². The van der Waals surface area contributed by atoms with Crippen molar-refractivity contribution in [2.45, 2.75) is 0 Å². The number of nitrogens with one attached hydrogen (secondary N) is 1. The van der Waals surface area contributed by atoms with Crippen LogP contribution in [0.25, 0.3) is 22.2 Å². The van der Waals surface area contributed by atoms with Crippen LogP contribution in [-0.2, 0) is 0 Å². The molecule has 0 saturated carbocycles. The van der Waals surface area contributed by atoms with Crippen LogP contribution >= 0.6 is 11.6 Å². The zero-order valence-corrected chi connectivity index (χ0v) is 10.2. The Morgan fingerprint density at radius 3 is 2.50 bits per heavy atom. The summed E-state index contributed by atoms with van der Waals surface area (Å²) in [6, 6.07) is 16.6. The van der Waals surface area contributed by atoms with Crippen molar-refractivity contribution in [2.75, 3.05) is 0 Å². The van der Waals surface area contributed by atoms with Crippen molar-refractivity contribution in [3.63, 3.8) is 0 Å². The lowest BCUT2D eigenvalue weighted by atomic mass is 10.1. The minimum atomic E-state index is -0.0231. The predicted octanol–water partition coefficient (Wildman–Crippen LogP) is 3.85. The lowest BCUT2D eigenvalue weighted by molar-refractivity contribution is 1.38. The number of hydrogen-bond donors (Lipinski definition) is 1. The summed E-state index contributed by atoms with van der Waals surface area (Å²) in [7, 11) is 0. The molecular formula is C15H10ClNO. The Balaban J connectivity index is 2.34. The highest BCUT2D eigenvalue weighted by Gasteiger charge is 2.06. The van der Waals surface area contributed by atoms with Gasteiger partial charge in [0.25, 0.3) is 0 Å². The maximum atomic E-state index is 12.0. The van der Waals surface area contributed by atoms with E-state index in [1.165, 1.54) is 0 Å². The molecule has 1 aromatic heterocycles. The number of rotatable bonds is 1. The topological polar surface area (TPSA) is 32.9 Å². The van der Waals surface area contributed by atoms with Gasteiger partial charge in [0, 0.05) is 17.1 Å². The monoisotopic (exact) mass is 255 g/mol. The number of H-pyrrole nitrogens is 1. The van der Waals surface area contributed by atoms with Gasteiger partial charge in [-0.1, -0.05) is 48.0 Å². The van der Waals surface area contributed by atoms with Crippen molar-refractivity contribution in [1.29, 1.82) is 0 Å². The molecule has 0 amide bonds. The molecule has 3 rings (SSSR count). The third-order valence-corrected chi connectivity index (χ3v) is 3.21. The molecule has 3 aromatic rings. The van der Waals surface area contributed by atoms with Gasteiger partial charge in [0.1, 0.15) is 0 Å². The molecule has 88 valence electrons. The Bertz CT molecular complexity index is 762. The normalized spacial score (nSPS) is 10.7. The number of para-hydroxylation sites is 1. The van der Waals surface area contributed by atoms with Crippen molar-refractivity contribution >= 4 is 22.5 Å². The van der Waals surface area contributed by atoms with Gasteiger partial charge in [-0.15, -0.1) is 0 Å². The molecular weight excluding hydrogens is 246 g/mol. The first kappa shape index (κ1) is 11.1. The van der Waals surface area contributed by atoms with Crippen LogP contribution < -0.4 is 5.43 Å². The SMILES string of the molecule is O=c1cc(-c2ccccc2)[nH]c2c(Cl)cccc12. The van der Waals surface area contributed by atoms with E-state index in [1.54, 1.807) is 24.3 Å². The van der Waals surface area contributed by atoms with Gasteiger partial charge in [0.2, 0.25) is 0 Å². The van der Waals surface area contributed by atoms with Gasteiger partial charge in [-0.2, -0.15) is 0 Å². The van der Waals surface area contributed by atoms with Crippen LogP contribution in [0.2, 0.25) is 5.02 Å². The van der Waals surface area contributed by atoms with Gasteiger partial charge < -0.3 is 4.98 Å². The summed E-state index contributed by atoms with van der Waals surface area (Å²) in [6.07, 6.45) is 0. The molecule has 0 unspecified atom stereocenters. The van der Waals surface area contributed by atoms with E-state index >= 15 is 0 Å². The zero-order valence-electron chi connectivity index (χ0n) is 9.48. The van der Waals surface area contributed by atoms with Crippen LogP contribution in [0.5, 0.6) is 0 Å². The van der Waals surface area contributed by atoms with E-state index in [1.807, 2.05) is 30.3 Å². The molecule has 3 heteroatoms. The average molecular weight is 256 g/mol. The van der Waals surface area contributed by atoms with Gasteiger partial charge in [0.15, 0.2) is 5.43 Å². The van der Waals surface area contributed by atoms with Crippen molar-refractivity contribution in [2.24, 2.45) is 0 Å². The lowest BCUT2D eigenvalue weighted by Gasteiger charge is -2.05. The highest BCUT2D eigenvalue weighted by molar-refractivity contribution is 6.35. The Morgan fingerprint density at radius 2 is 1.72 bits per heavy atom. The van der Waals surface area contributed by atoms with Crippen LogP contribution in [0.15, 0.2) is 59.4 Å². The molecule has 18 heavy (non-hydrogen) atoms. The molecule has 0 saturated heterocycles. The third-order valence-electron chi connectivity index (χ3n) is 2.90. The molecule has 1 heterocycles. The summed E-state index contributed by atoms with van der Waals surface area (Å²) in [5.41, 5.74) is 2.41. The van der Waals surface area contributed by atoms with Gasteiger partial charge >= 0.3 is 0 Å². The fourth-order valence-electron chi connectivity index (χ4n) is 2.01. The van der Waals surface area contributed by atoms with Crippen LogP contribution in [0, 0.1) is 0 Å². The number of pyridine rings is 1. The van der Waals surface area contributed by atoms with Crippen LogP contribution in [0.1, 0.15) is 0 Å². The van der Waals surface area contributed by atoms with E-state index in [-0.39, 0.29) is 5.43 Å². The molecule has 0 aliphatic rings. The number of aromatic amines is 1. The average Bonchev–Trinajstić information content (AvgIpc) is 2.41. The Kier molecular flexibility index (Phi) is 2.65. The molecule has 1 N–H and O–H groups in total. The maximum absolute atomic E-state index is 12.0.